The third-order valence-electron chi connectivity index (χ3n) is 1.21. The molecule has 0 heterocycles. The minimum Gasteiger partial charge on any atom is -0.544 e. The lowest BCUT2D eigenvalue weighted by Gasteiger charge is -2.06. The van der Waals surface area contributed by atoms with Gasteiger partial charge in [0.2, 0.25) is 0 Å². The van der Waals surface area contributed by atoms with Crippen LogP contribution >= 0.6 is 0 Å². The molecule has 10 heavy (non-hydrogen) atoms. The quantitative estimate of drug-likeness (QED) is 0.349. The van der Waals surface area contributed by atoms with Gasteiger partial charge in [0.05, 0.1) is 5.97 Å². The van der Waals surface area contributed by atoms with Crippen LogP contribution in [0, 0.1) is 0 Å². The Bertz CT molecular complexity index is 124. The molecule has 0 aromatic heterocycles. The lowest BCUT2D eigenvalue weighted by atomic mass is 10.1. The molecule has 1 unspecified atom stereocenters. The SMILES string of the molecule is [NH3+]C(CCCC=O)C(=O)[O-]. The molecule has 4 nitrogen and oxygen atoms in total. The fraction of sp³-hybridized carbons (Fsp3) is 0.667. The van der Waals surface area contributed by atoms with Crippen molar-refractivity contribution in [2.75, 3.05) is 0 Å². The highest BCUT2D eigenvalue weighted by Crippen LogP contribution is 1.93. The second-order valence-electron chi connectivity index (χ2n) is 2.11. The summed E-state index contributed by atoms with van der Waals surface area (Å²) in [5.41, 5.74) is 3.33. The number of hydrogen-bond donors (Lipinski definition) is 1. The van der Waals surface area contributed by atoms with Crippen molar-refractivity contribution in [1.29, 1.82) is 0 Å². The van der Waals surface area contributed by atoms with Gasteiger partial charge in [-0.25, -0.2) is 0 Å². The first-order valence-electron chi connectivity index (χ1n) is 3.16. The van der Waals surface area contributed by atoms with Gasteiger partial charge in [0, 0.05) is 12.8 Å². The normalized spacial score (nSPS) is 12.5. The molecule has 0 aromatic rings. The van der Waals surface area contributed by atoms with Crippen LogP contribution in [0.25, 0.3) is 0 Å². The van der Waals surface area contributed by atoms with E-state index in [0.29, 0.717) is 19.3 Å². The molecule has 0 aliphatic carbocycles. The molecule has 0 fully saturated rings. The second-order valence-corrected chi connectivity index (χ2v) is 2.11. The molecule has 4 heteroatoms. The highest BCUT2D eigenvalue weighted by atomic mass is 16.4. The van der Waals surface area contributed by atoms with Crippen molar-refractivity contribution in [2.45, 2.75) is 25.3 Å². The van der Waals surface area contributed by atoms with E-state index in [1.54, 1.807) is 0 Å². The van der Waals surface area contributed by atoms with Crippen LogP contribution in [0.3, 0.4) is 0 Å². The second kappa shape index (κ2) is 4.93. The molecule has 0 spiro atoms. The number of rotatable bonds is 5. The molecule has 0 aromatic carbocycles. The molecule has 58 valence electrons. The molecule has 0 aliphatic rings. The zero-order chi connectivity index (χ0) is 7.98. The summed E-state index contributed by atoms with van der Waals surface area (Å²) in [6.45, 7) is 0. The maximum absolute atomic E-state index is 10.0. The van der Waals surface area contributed by atoms with E-state index in [-0.39, 0.29) is 0 Å². The summed E-state index contributed by atoms with van der Waals surface area (Å²) < 4.78 is 0. The van der Waals surface area contributed by atoms with Gasteiger partial charge in [-0.3, -0.25) is 0 Å². The van der Waals surface area contributed by atoms with Crippen molar-refractivity contribution in [1.82, 2.24) is 0 Å². The summed E-state index contributed by atoms with van der Waals surface area (Å²) in [5.74, 6) is -1.15. The minimum atomic E-state index is -1.15. The first-order valence-corrected chi connectivity index (χ1v) is 3.16. The van der Waals surface area contributed by atoms with Gasteiger partial charge in [-0.2, -0.15) is 0 Å². The van der Waals surface area contributed by atoms with Gasteiger partial charge in [-0.1, -0.05) is 0 Å². The number of carbonyl (C=O) groups excluding carboxylic acids is 2. The standard InChI is InChI=1S/C6H11NO3/c7-5(6(9)10)3-1-2-4-8/h4-5H,1-3,7H2,(H,9,10). The van der Waals surface area contributed by atoms with Crippen molar-refractivity contribution in [3.8, 4) is 0 Å². The van der Waals surface area contributed by atoms with E-state index < -0.39 is 12.0 Å². The Balaban J connectivity index is 3.30. The zero-order valence-electron chi connectivity index (χ0n) is 5.71. The van der Waals surface area contributed by atoms with Crippen LogP contribution in [0.2, 0.25) is 0 Å². The molecular weight excluding hydrogens is 134 g/mol. The summed E-state index contributed by atoms with van der Waals surface area (Å²) in [5, 5.41) is 10.0. The average Bonchev–Trinajstić information content (AvgIpc) is 1.88. The topological polar surface area (TPSA) is 84.8 Å². The van der Waals surface area contributed by atoms with Gasteiger partial charge in [-0.15, -0.1) is 0 Å². The van der Waals surface area contributed by atoms with Crippen molar-refractivity contribution in [3.63, 3.8) is 0 Å². The highest BCUT2D eigenvalue weighted by molar-refractivity contribution is 5.69. The predicted molar refractivity (Wildman–Crippen MR) is 31.6 cm³/mol. The molecule has 1 atom stereocenters. The average molecular weight is 145 g/mol. The highest BCUT2D eigenvalue weighted by Gasteiger charge is 2.04. The van der Waals surface area contributed by atoms with Crippen LogP contribution < -0.4 is 10.8 Å². The third kappa shape index (κ3) is 4.03. The Hall–Kier alpha value is -0.900. The van der Waals surface area contributed by atoms with Gasteiger partial charge >= 0.3 is 0 Å². The number of carboxylic acid groups (broad SMARTS) is 1. The van der Waals surface area contributed by atoms with E-state index in [9.17, 15) is 14.7 Å². The number of carboxylic acids is 1. The number of hydrogen-bond acceptors (Lipinski definition) is 3. The smallest absolute Gasteiger partial charge is 0.124 e. The van der Waals surface area contributed by atoms with E-state index in [0.717, 1.165) is 6.29 Å². The third-order valence-corrected chi connectivity index (χ3v) is 1.21. The van der Waals surface area contributed by atoms with Gasteiger partial charge in [0.25, 0.3) is 0 Å². The van der Waals surface area contributed by atoms with Crippen molar-refractivity contribution in [3.05, 3.63) is 0 Å². The van der Waals surface area contributed by atoms with Crippen LogP contribution in [0.5, 0.6) is 0 Å². The Labute approximate surface area is 59.0 Å². The zero-order valence-corrected chi connectivity index (χ0v) is 5.71. The Morgan fingerprint density at radius 3 is 2.70 bits per heavy atom. The minimum absolute atomic E-state index is 0.402. The molecule has 0 radical (unpaired) electrons. The fourth-order valence-corrected chi connectivity index (χ4v) is 0.565. The van der Waals surface area contributed by atoms with Crippen molar-refractivity contribution >= 4 is 12.3 Å². The van der Waals surface area contributed by atoms with Crippen LogP contribution in [0.1, 0.15) is 19.3 Å². The maximum Gasteiger partial charge on any atom is 0.124 e. The van der Waals surface area contributed by atoms with Crippen LogP contribution in [0.15, 0.2) is 0 Å². The molecule has 0 bridgehead atoms. The number of carbonyl (C=O) groups is 2. The van der Waals surface area contributed by atoms with Gasteiger partial charge in [0.15, 0.2) is 0 Å². The summed E-state index contributed by atoms with van der Waals surface area (Å²) >= 11 is 0. The van der Waals surface area contributed by atoms with Crippen LogP contribution in [-0.4, -0.2) is 18.3 Å². The Kier molecular flexibility index (Phi) is 4.49. The summed E-state index contributed by atoms with van der Waals surface area (Å²) in [6.07, 6.45) is 2.16. The number of quaternary nitrogens is 1. The summed E-state index contributed by atoms with van der Waals surface area (Å²) in [4.78, 5) is 19.8. The molecule has 0 rings (SSSR count). The largest absolute Gasteiger partial charge is 0.544 e. The summed E-state index contributed by atoms with van der Waals surface area (Å²) in [6, 6.07) is -0.681. The number of aliphatic carboxylic acids is 1. The first kappa shape index (κ1) is 9.10. The molecule has 0 aliphatic heterocycles. The molecular formula is C6H11NO3. The molecule has 0 saturated heterocycles. The monoisotopic (exact) mass is 145 g/mol. The van der Waals surface area contributed by atoms with E-state index in [1.165, 1.54) is 0 Å². The predicted octanol–water partition coefficient (Wildman–Crippen LogP) is -2.28. The molecule has 0 amide bonds. The Morgan fingerprint density at radius 1 is 1.70 bits per heavy atom. The van der Waals surface area contributed by atoms with E-state index in [4.69, 9.17) is 0 Å². The molecule has 3 N–H and O–H groups in total. The van der Waals surface area contributed by atoms with Gasteiger partial charge in [-0.05, 0) is 6.42 Å². The lowest BCUT2D eigenvalue weighted by molar-refractivity contribution is -0.438. The van der Waals surface area contributed by atoms with Crippen molar-refractivity contribution < 1.29 is 20.4 Å². The summed E-state index contributed by atoms with van der Waals surface area (Å²) in [7, 11) is 0. The fourth-order valence-electron chi connectivity index (χ4n) is 0.565. The number of aldehydes is 1. The maximum atomic E-state index is 10.0. The van der Waals surface area contributed by atoms with Crippen LogP contribution in [-0.2, 0) is 9.59 Å². The van der Waals surface area contributed by atoms with E-state index >= 15 is 0 Å². The Morgan fingerprint density at radius 2 is 2.30 bits per heavy atom. The van der Waals surface area contributed by atoms with Gasteiger partial charge in [0.1, 0.15) is 12.3 Å². The van der Waals surface area contributed by atoms with Crippen LogP contribution in [0.4, 0.5) is 0 Å². The first-order chi connectivity index (χ1) is 4.68. The van der Waals surface area contributed by atoms with Gasteiger partial charge < -0.3 is 20.4 Å². The van der Waals surface area contributed by atoms with E-state index in [1.807, 2.05) is 0 Å². The molecule has 0 saturated carbocycles. The van der Waals surface area contributed by atoms with E-state index in [2.05, 4.69) is 5.73 Å². The van der Waals surface area contributed by atoms with Crippen molar-refractivity contribution in [2.24, 2.45) is 0 Å². The number of unbranched alkanes of at least 4 members (excludes halogenated alkanes) is 1. The lowest BCUT2D eigenvalue weighted by Crippen LogP contribution is -2.68.